The molecule has 1 N–H and O–H groups in total. The molecule has 0 atom stereocenters. The highest BCUT2D eigenvalue weighted by Crippen LogP contribution is 2.23. The first-order valence-corrected chi connectivity index (χ1v) is 16.7. The monoisotopic (exact) mass is 838 g/mol. The molecule has 228 valence electrons. The molecule has 0 spiro atoms. The zero-order valence-corrected chi connectivity index (χ0v) is 29.5. The number of halogens is 3. The smallest absolute Gasteiger partial charge is 0.246 e. The van der Waals surface area contributed by atoms with E-state index in [1.54, 1.807) is 24.3 Å². The number of piperazine rings is 2. The van der Waals surface area contributed by atoms with Gasteiger partial charge in [-0.05, 0) is 120 Å². The molecule has 2 amide bonds. The first-order valence-electron chi connectivity index (χ1n) is 14.0. The van der Waals surface area contributed by atoms with Crippen LogP contribution in [0.15, 0.2) is 106 Å². The SMILES string of the molecule is Brc1ccc(I)cc1.N#Cc1ccc(N2CCN(c3ccc(Br)cc3)C(=O)C2)cc1.N#Cc1ccc(N2CCNC(=O)C2)cc1. The van der Waals surface area contributed by atoms with Crippen LogP contribution in [0.4, 0.5) is 17.1 Å². The van der Waals surface area contributed by atoms with Crippen LogP contribution in [0.25, 0.3) is 0 Å². The number of benzene rings is 4. The molecule has 0 radical (unpaired) electrons. The summed E-state index contributed by atoms with van der Waals surface area (Å²) in [5, 5.41) is 20.3. The predicted molar refractivity (Wildman–Crippen MR) is 193 cm³/mol. The number of nitrogens with one attached hydrogen (secondary N) is 1. The molecule has 45 heavy (non-hydrogen) atoms. The van der Waals surface area contributed by atoms with Crippen molar-refractivity contribution < 1.29 is 9.59 Å². The number of anilines is 3. The van der Waals surface area contributed by atoms with E-state index >= 15 is 0 Å². The van der Waals surface area contributed by atoms with Gasteiger partial charge in [-0.1, -0.05) is 31.9 Å². The van der Waals surface area contributed by atoms with E-state index in [-0.39, 0.29) is 11.8 Å². The van der Waals surface area contributed by atoms with E-state index < -0.39 is 0 Å². The zero-order chi connectivity index (χ0) is 32.2. The van der Waals surface area contributed by atoms with Crippen molar-refractivity contribution in [3.8, 4) is 12.1 Å². The molecule has 6 rings (SSSR count). The summed E-state index contributed by atoms with van der Waals surface area (Å²) in [6.45, 7) is 3.67. The molecular weight excluding hydrogens is 811 g/mol. The minimum Gasteiger partial charge on any atom is -0.360 e. The molecule has 0 saturated carbocycles. The Morgan fingerprint density at radius 1 is 0.622 bits per heavy atom. The summed E-state index contributed by atoms with van der Waals surface area (Å²) < 4.78 is 3.41. The van der Waals surface area contributed by atoms with Gasteiger partial charge in [-0.15, -0.1) is 0 Å². The second-order valence-corrected chi connectivity index (χ2v) is 13.0. The summed E-state index contributed by atoms with van der Waals surface area (Å²) in [7, 11) is 0. The minimum atomic E-state index is 0.0469. The standard InChI is InChI=1S/C17H14BrN3O.C11H11N3O.C6H4BrI/c18-14-3-7-16(8-4-14)21-10-9-20(12-17(21)22)15-5-1-13(11-19)2-6-15;12-7-9-1-3-10(4-2-9)14-6-5-13-11(15)8-14;7-5-1-3-6(8)4-2-5/h1-8H,9-10,12H2;1-4H,5-6,8H2,(H,13,15);1-4H. The largest absolute Gasteiger partial charge is 0.360 e. The molecule has 4 aromatic rings. The topological polar surface area (TPSA) is 103 Å². The molecule has 2 aliphatic heterocycles. The number of nitrogens with zero attached hydrogens (tertiary/aromatic N) is 5. The van der Waals surface area contributed by atoms with Gasteiger partial charge in [0.2, 0.25) is 11.8 Å². The Balaban J connectivity index is 0.000000172. The quantitative estimate of drug-likeness (QED) is 0.230. The van der Waals surface area contributed by atoms with Crippen LogP contribution in [0.3, 0.4) is 0 Å². The molecule has 0 aliphatic carbocycles. The third kappa shape index (κ3) is 10.3. The van der Waals surface area contributed by atoms with Gasteiger partial charge in [0, 0.05) is 55.8 Å². The van der Waals surface area contributed by atoms with Gasteiger partial charge in [-0.2, -0.15) is 10.5 Å². The Labute approximate surface area is 293 Å². The van der Waals surface area contributed by atoms with Gasteiger partial charge in [0.05, 0.1) is 36.4 Å². The molecule has 0 unspecified atom stereocenters. The summed E-state index contributed by atoms with van der Waals surface area (Å²) >= 11 is 9.02. The van der Waals surface area contributed by atoms with E-state index in [1.165, 1.54) is 3.57 Å². The number of carbonyl (C=O) groups excluding carboxylic acids is 2. The average Bonchev–Trinajstić information content (AvgIpc) is 3.07. The maximum absolute atomic E-state index is 12.4. The van der Waals surface area contributed by atoms with E-state index in [1.807, 2.05) is 75.4 Å². The number of carbonyl (C=O) groups is 2. The molecule has 2 fully saturated rings. The maximum Gasteiger partial charge on any atom is 0.246 e. The molecule has 11 heteroatoms. The van der Waals surface area contributed by atoms with Crippen LogP contribution in [-0.4, -0.2) is 51.1 Å². The number of amides is 2. The Morgan fingerprint density at radius 2 is 1.09 bits per heavy atom. The van der Waals surface area contributed by atoms with Crippen molar-refractivity contribution in [2.45, 2.75) is 0 Å². The van der Waals surface area contributed by atoms with Crippen molar-refractivity contribution in [1.29, 1.82) is 10.5 Å². The van der Waals surface area contributed by atoms with E-state index in [0.29, 0.717) is 37.3 Å². The van der Waals surface area contributed by atoms with Crippen molar-refractivity contribution >= 4 is 83.3 Å². The third-order valence-corrected chi connectivity index (χ3v) is 8.70. The number of hydrogen-bond donors (Lipinski definition) is 1. The van der Waals surface area contributed by atoms with E-state index in [2.05, 4.69) is 84.0 Å². The van der Waals surface area contributed by atoms with Gasteiger partial charge >= 0.3 is 0 Å². The average molecular weight is 840 g/mol. The first-order chi connectivity index (χ1) is 21.7. The Kier molecular flexibility index (Phi) is 12.8. The second-order valence-electron chi connectivity index (χ2n) is 9.97. The van der Waals surface area contributed by atoms with Crippen molar-refractivity contribution in [3.05, 3.63) is 121 Å². The van der Waals surface area contributed by atoms with E-state index in [9.17, 15) is 9.59 Å². The summed E-state index contributed by atoms with van der Waals surface area (Å²) in [6, 6.07) is 34.7. The van der Waals surface area contributed by atoms with Crippen LogP contribution in [0.2, 0.25) is 0 Å². The fraction of sp³-hybridized carbons (Fsp3) is 0.176. The highest BCUT2D eigenvalue weighted by atomic mass is 127. The Bertz CT molecular complexity index is 1650. The van der Waals surface area contributed by atoms with Gasteiger partial charge in [-0.25, -0.2) is 0 Å². The van der Waals surface area contributed by atoms with Gasteiger partial charge in [0.1, 0.15) is 0 Å². The lowest BCUT2D eigenvalue weighted by molar-refractivity contribution is -0.120. The fourth-order valence-corrected chi connectivity index (χ4v) is 5.46. The summed E-state index contributed by atoms with van der Waals surface area (Å²) in [4.78, 5) is 29.4. The van der Waals surface area contributed by atoms with E-state index in [0.717, 1.165) is 39.1 Å². The van der Waals surface area contributed by atoms with Crippen LogP contribution in [0.5, 0.6) is 0 Å². The number of nitriles is 2. The molecule has 2 heterocycles. The summed E-state index contributed by atoms with van der Waals surface area (Å²) in [5.74, 6) is 0.128. The van der Waals surface area contributed by atoms with Gasteiger partial charge in [0.15, 0.2) is 0 Å². The van der Waals surface area contributed by atoms with Crippen LogP contribution < -0.4 is 20.0 Å². The van der Waals surface area contributed by atoms with E-state index in [4.69, 9.17) is 10.5 Å². The molecule has 0 aromatic heterocycles. The predicted octanol–water partition coefficient (Wildman–Crippen LogP) is 6.72. The maximum atomic E-state index is 12.4. The zero-order valence-electron chi connectivity index (χ0n) is 24.2. The normalized spacial score (nSPS) is 14.1. The van der Waals surface area contributed by atoms with Crippen molar-refractivity contribution in [1.82, 2.24) is 5.32 Å². The van der Waals surface area contributed by atoms with Crippen molar-refractivity contribution in [2.24, 2.45) is 0 Å². The Hall–Kier alpha value is -3.91. The first kappa shape index (κ1) is 34.0. The lowest BCUT2D eigenvalue weighted by Gasteiger charge is -2.35. The molecule has 0 bridgehead atoms. The molecule has 4 aromatic carbocycles. The number of hydrogen-bond acceptors (Lipinski definition) is 6. The van der Waals surface area contributed by atoms with Crippen LogP contribution >= 0.6 is 54.5 Å². The minimum absolute atomic E-state index is 0.0469. The van der Waals surface area contributed by atoms with Crippen LogP contribution in [0.1, 0.15) is 11.1 Å². The molecule has 2 saturated heterocycles. The molecule has 2 aliphatic rings. The number of rotatable bonds is 3. The lowest BCUT2D eigenvalue weighted by atomic mass is 10.2. The van der Waals surface area contributed by atoms with Crippen LogP contribution in [-0.2, 0) is 9.59 Å². The summed E-state index contributed by atoms with van der Waals surface area (Å²) in [6.07, 6.45) is 0. The fourth-order valence-electron chi connectivity index (χ4n) is 4.57. The second kappa shape index (κ2) is 17.0. The van der Waals surface area contributed by atoms with Gasteiger partial charge in [0.25, 0.3) is 0 Å². The highest BCUT2D eigenvalue weighted by molar-refractivity contribution is 14.1. The molecule has 8 nitrogen and oxygen atoms in total. The van der Waals surface area contributed by atoms with Crippen LogP contribution in [0, 0.1) is 26.2 Å². The highest BCUT2D eigenvalue weighted by Gasteiger charge is 2.25. The van der Waals surface area contributed by atoms with Gasteiger partial charge in [-0.3, -0.25) is 9.59 Å². The Morgan fingerprint density at radius 3 is 1.53 bits per heavy atom. The molecular formula is C34H29Br2IN6O2. The van der Waals surface area contributed by atoms with Crippen molar-refractivity contribution in [2.75, 3.05) is 54.0 Å². The summed E-state index contributed by atoms with van der Waals surface area (Å²) in [5.41, 5.74) is 4.16. The third-order valence-electron chi connectivity index (χ3n) is 6.92. The van der Waals surface area contributed by atoms with Gasteiger partial charge < -0.3 is 20.0 Å². The van der Waals surface area contributed by atoms with Crippen molar-refractivity contribution in [3.63, 3.8) is 0 Å². The lowest BCUT2D eigenvalue weighted by Crippen LogP contribution is -2.50.